The van der Waals surface area contributed by atoms with Gasteiger partial charge in [0.1, 0.15) is 11.6 Å². The van der Waals surface area contributed by atoms with E-state index in [1.807, 2.05) is 43.5 Å². The van der Waals surface area contributed by atoms with Gasteiger partial charge >= 0.3 is 0 Å². The Bertz CT molecular complexity index is 687. The minimum absolute atomic E-state index is 0.421. The molecule has 1 aliphatic rings. The van der Waals surface area contributed by atoms with Gasteiger partial charge in [0, 0.05) is 52.7 Å². The minimum atomic E-state index is 0.421. The topological polar surface area (TPSA) is 48.4 Å². The zero-order valence-electron chi connectivity index (χ0n) is 15.0. The molecular weight excluding hydrogens is 300 g/mol. The molecule has 3 rings (SSSR count). The summed E-state index contributed by atoms with van der Waals surface area (Å²) in [6.45, 7) is 4.16. The van der Waals surface area contributed by atoms with Crippen LogP contribution in [-0.2, 0) is 0 Å². The second kappa shape index (κ2) is 7.03. The first-order valence-electron chi connectivity index (χ1n) is 8.46. The molecule has 1 unspecified atom stereocenters. The van der Waals surface area contributed by atoms with Crippen LogP contribution in [0.5, 0.6) is 0 Å². The van der Waals surface area contributed by atoms with Gasteiger partial charge in [-0.05, 0) is 37.5 Å². The Labute approximate surface area is 144 Å². The van der Waals surface area contributed by atoms with Crippen molar-refractivity contribution in [3.05, 3.63) is 36.2 Å². The van der Waals surface area contributed by atoms with Gasteiger partial charge in [0.2, 0.25) is 5.95 Å². The zero-order valence-corrected chi connectivity index (χ0v) is 15.0. The fourth-order valence-corrected chi connectivity index (χ4v) is 3.21. The quantitative estimate of drug-likeness (QED) is 0.859. The van der Waals surface area contributed by atoms with Gasteiger partial charge < -0.3 is 14.7 Å². The van der Waals surface area contributed by atoms with Crippen molar-refractivity contribution in [1.29, 1.82) is 0 Å². The summed E-state index contributed by atoms with van der Waals surface area (Å²) in [7, 11) is 6.05. The second-order valence-electron chi connectivity index (χ2n) is 6.61. The van der Waals surface area contributed by atoms with E-state index in [-0.39, 0.29) is 0 Å². The highest BCUT2D eigenvalue weighted by Crippen LogP contribution is 2.25. The fourth-order valence-electron chi connectivity index (χ4n) is 3.21. The van der Waals surface area contributed by atoms with Crippen molar-refractivity contribution in [2.24, 2.45) is 0 Å². The third-order valence-corrected chi connectivity index (χ3v) is 4.62. The van der Waals surface area contributed by atoms with Gasteiger partial charge in [-0.1, -0.05) is 6.07 Å². The van der Waals surface area contributed by atoms with Crippen molar-refractivity contribution < 1.29 is 0 Å². The molecule has 1 aliphatic heterocycles. The number of rotatable bonds is 4. The van der Waals surface area contributed by atoms with Gasteiger partial charge in [-0.3, -0.25) is 0 Å². The number of nitrogens with zero attached hydrogens (tertiary/aromatic N) is 6. The molecule has 2 aromatic rings. The Balaban J connectivity index is 1.77. The van der Waals surface area contributed by atoms with E-state index in [1.165, 1.54) is 12.0 Å². The highest BCUT2D eigenvalue weighted by Gasteiger charge is 2.25. The molecule has 0 radical (unpaired) electrons. The average Bonchev–Trinajstić information content (AvgIpc) is 2.61. The molecule has 0 N–H and O–H groups in total. The molecule has 1 fully saturated rings. The first-order valence-corrected chi connectivity index (χ1v) is 8.46. The number of hydrogen-bond acceptors (Lipinski definition) is 6. The van der Waals surface area contributed by atoms with E-state index in [4.69, 9.17) is 0 Å². The normalized spacial score (nSPS) is 17.7. The maximum Gasteiger partial charge on any atom is 0.226 e. The van der Waals surface area contributed by atoms with E-state index in [0.717, 1.165) is 37.1 Å². The minimum Gasteiger partial charge on any atom is -0.355 e. The third kappa shape index (κ3) is 3.42. The summed E-state index contributed by atoms with van der Waals surface area (Å²) in [4.78, 5) is 20.2. The van der Waals surface area contributed by atoms with Gasteiger partial charge in [-0.2, -0.15) is 4.98 Å². The lowest BCUT2D eigenvalue weighted by Crippen LogP contribution is -2.47. The maximum absolute atomic E-state index is 4.67. The van der Waals surface area contributed by atoms with Crippen LogP contribution in [0.25, 0.3) is 0 Å². The average molecular weight is 326 g/mol. The van der Waals surface area contributed by atoms with Crippen LogP contribution < -0.4 is 14.7 Å². The molecule has 0 spiro atoms. The second-order valence-corrected chi connectivity index (χ2v) is 6.61. The van der Waals surface area contributed by atoms with Gasteiger partial charge in [-0.15, -0.1) is 0 Å². The third-order valence-electron chi connectivity index (χ3n) is 4.62. The molecule has 24 heavy (non-hydrogen) atoms. The molecule has 6 nitrogen and oxygen atoms in total. The Hall–Kier alpha value is -2.37. The Kier molecular flexibility index (Phi) is 4.83. The highest BCUT2D eigenvalue weighted by molar-refractivity contribution is 5.48. The lowest BCUT2D eigenvalue weighted by atomic mass is 10.0. The molecule has 3 heterocycles. The molecule has 0 saturated carbocycles. The maximum atomic E-state index is 4.67. The highest BCUT2D eigenvalue weighted by atomic mass is 15.3. The fraction of sp³-hybridized carbons (Fsp3) is 0.500. The van der Waals surface area contributed by atoms with E-state index in [1.54, 1.807) is 0 Å². The van der Waals surface area contributed by atoms with Crippen molar-refractivity contribution in [2.75, 3.05) is 48.9 Å². The van der Waals surface area contributed by atoms with Crippen LogP contribution in [0.4, 0.5) is 17.6 Å². The zero-order chi connectivity index (χ0) is 17.1. The van der Waals surface area contributed by atoms with Crippen molar-refractivity contribution in [3.63, 3.8) is 0 Å². The number of aryl methyl sites for hydroxylation is 1. The summed E-state index contributed by atoms with van der Waals surface area (Å²) >= 11 is 0. The molecule has 0 bridgehead atoms. The summed E-state index contributed by atoms with van der Waals surface area (Å²) in [5, 5.41) is 0. The van der Waals surface area contributed by atoms with Crippen LogP contribution in [0.2, 0.25) is 0 Å². The summed E-state index contributed by atoms with van der Waals surface area (Å²) in [6, 6.07) is 6.53. The van der Waals surface area contributed by atoms with Crippen molar-refractivity contribution in [1.82, 2.24) is 15.0 Å². The van der Waals surface area contributed by atoms with Crippen LogP contribution in [0, 0.1) is 6.92 Å². The van der Waals surface area contributed by atoms with Crippen LogP contribution in [0.15, 0.2) is 30.6 Å². The van der Waals surface area contributed by atoms with Crippen LogP contribution in [0.3, 0.4) is 0 Å². The molecule has 0 aromatic carbocycles. The predicted octanol–water partition coefficient (Wildman–Crippen LogP) is 2.35. The van der Waals surface area contributed by atoms with Gasteiger partial charge in [0.15, 0.2) is 0 Å². The smallest absolute Gasteiger partial charge is 0.226 e. The van der Waals surface area contributed by atoms with Crippen molar-refractivity contribution >= 4 is 17.6 Å². The molecule has 1 saturated heterocycles. The van der Waals surface area contributed by atoms with Crippen molar-refractivity contribution in [3.8, 4) is 0 Å². The summed E-state index contributed by atoms with van der Waals surface area (Å²) < 4.78 is 0. The van der Waals surface area contributed by atoms with E-state index >= 15 is 0 Å². The van der Waals surface area contributed by atoms with E-state index in [9.17, 15) is 0 Å². The molecule has 128 valence electrons. The number of aromatic nitrogens is 3. The number of likely N-dealkylation sites (N-methyl/N-ethyl adjacent to an activating group) is 1. The number of anilines is 3. The lowest BCUT2D eigenvalue weighted by Gasteiger charge is -2.39. The predicted molar refractivity (Wildman–Crippen MR) is 99.0 cm³/mol. The lowest BCUT2D eigenvalue weighted by molar-refractivity contribution is 0.483. The van der Waals surface area contributed by atoms with E-state index < -0.39 is 0 Å². The Morgan fingerprint density at radius 1 is 1.12 bits per heavy atom. The number of pyridine rings is 1. The largest absolute Gasteiger partial charge is 0.355 e. The standard InChI is InChI=1S/C18H26N6/c1-14-7-5-10-19-17(14)24-12-6-8-15(13-24)23(4)16-9-11-20-18(21-16)22(2)3/h5,7,9-11,15H,6,8,12-13H2,1-4H3. The molecular formula is C18H26N6. The Morgan fingerprint density at radius 3 is 2.71 bits per heavy atom. The molecule has 0 aliphatic carbocycles. The van der Waals surface area contributed by atoms with Crippen LogP contribution in [0.1, 0.15) is 18.4 Å². The monoisotopic (exact) mass is 326 g/mol. The number of hydrogen-bond donors (Lipinski definition) is 0. The van der Waals surface area contributed by atoms with Gasteiger partial charge in [-0.25, -0.2) is 9.97 Å². The summed E-state index contributed by atoms with van der Waals surface area (Å²) in [5.41, 5.74) is 1.23. The van der Waals surface area contributed by atoms with Gasteiger partial charge in [0.25, 0.3) is 0 Å². The van der Waals surface area contributed by atoms with Crippen molar-refractivity contribution in [2.45, 2.75) is 25.8 Å². The van der Waals surface area contributed by atoms with Crippen LogP contribution >= 0.6 is 0 Å². The van der Waals surface area contributed by atoms with E-state index in [0.29, 0.717) is 6.04 Å². The van der Waals surface area contributed by atoms with E-state index in [2.05, 4.69) is 44.8 Å². The molecule has 1 atom stereocenters. The summed E-state index contributed by atoms with van der Waals surface area (Å²) in [5.74, 6) is 2.82. The SMILES string of the molecule is Cc1cccnc1N1CCCC(N(C)c2ccnc(N(C)C)n2)C1. The molecule has 6 heteroatoms. The summed E-state index contributed by atoms with van der Waals surface area (Å²) in [6.07, 6.45) is 6.04. The number of piperidine rings is 1. The first kappa shape index (κ1) is 16.5. The Morgan fingerprint density at radius 2 is 1.96 bits per heavy atom. The van der Waals surface area contributed by atoms with Gasteiger partial charge in [0.05, 0.1) is 0 Å². The molecule has 2 aromatic heterocycles. The molecule has 0 amide bonds. The van der Waals surface area contributed by atoms with Crippen LogP contribution in [-0.4, -0.2) is 55.2 Å². The first-order chi connectivity index (χ1) is 11.6.